The van der Waals surface area contributed by atoms with Crippen LogP contribution in [0.2, 0.25) is 0 Å². The van der Waals surface area contributed by atoms with E-state index in [2.05, 4.69) is 17.4 Å². The maximum Gasteiger partial charge on any atom is 0.251 e. The molecule has 0 spiro atoms. The third kappa shape index (κ3) is 6.57. The summed E-state index contributed by atoms with van der Waals surface area (Å²) < 4.78 is 5.77. The maximum atomic E-state index is 12.4. The number of amides is 1. The molecule has 150 valence electrons. The monoisotopic (exact) mass is 406 g/mol. The SMILES string of the molecule is CN(C)c1ccc(CNC(=O)c2ccc(OCCSc3ccccc3)cc2)cc1. The van der Waals surface area contributed by atoms with Gasteiger partial charge in [0.1, 0.15) is 5.75 Å². The summed E-state index contributed by atoms with van der Waals surface area (Å²) in [5.41, 5.74) is 2.83. The molecule has 0 radical (unpaired) electrons. The highest BCUT2D eigenvalue weighted by molar-refractivity contribution is 7.99. The largest absolute Gasteiger partial charge is 0.493 e. The van der Waals surface area contributed by atoms with E-state index >= 15 is 0 Å². The van der Waals surface area contributed by atoms with E-state index in [9.17, 15) is 4.79 Å². The molecule has 0 bridgehead atoms. The van der Waals surface area contributed by atoms with Gasteiger partial charge >= 0.3 is 0 Å². The van der Waals surface area contributed by atoms with Crippen LogP contribution in [-0.4, -0.2) is 32.4 Å². The van der Waals surface area contributed by atoms with E-state index in [1.807, 2.05) is 73.6 Å². The molecular formula is C24H26N2O2S. The lowest BCUT2D eigenvalue weighted by atomic mass is 10.1. The molecule has 0 saturated carbocycles. The fourth-order valence-corrected chi connectivity index (χ4v) is 3.49. The molecule has 0 saturated heterocycles. The van der Waals surface area contributed by atoms with E-state index in [0.29, 0.717) is 18.7 Å². The lowest BCUT2D eigenvalue weighted by molar-refractivity contribution is 0.0951. The van der Waals surface area contributed by atoms with Crippen molar-refractivity contribution in [2.45, 2.75) is 11.4 Å². The number of thioether (sulfide) groups is 1. The van der Waals surface area contributed by atoms with Gasteiger partial charge in [-0.1, -0.05) is 30.3 Å². The summed E-state index contributed by atoms with van der Waals surface area (Å²) in [6.07, 6.45) is 0. The number of carbonyl (C=O) groups excluding carboxylic acids is 1. The number of anilines is 1. The summed E-state index contributed by atoms with van der Waals surface area (Å²) in [6, 6.07) is 25.7. The molecule has 1 N–H and O–H groups in total. The van der Waals surface area contributed by atoms with Crippen LogP contribution < -0.4 is 15.0 Å². The highest BCUT2D eigenvalue weighted by atomic mass is 32.2. The quantitative estimate of drug-likeness (QED) is 0.407. The van der Waals surface area contributed by atoms with Gasteiger partial charge in [0.2, 0.25) is 0 Å². The van der Waals surface area contributed by atoms with Crippen LogP contribution >= 0.6 is 11.8 Å². The van der Waals surface area contributed by atoms with Gasteiger partial charge in [-0.3, -0.25) is 4.79 Å². The molecule has 3 rings (SSSR count). The Hall–Kier alpha value is -2.92. The van der Waals surface area contributed by atoms with Crippen molar-refractivity contribution in [1.82, 2.24) is 5.32 Å². The highest BCUT2D eigenvalue weighted by Gasteiger charge is 2.06. The predicted octanol–water partition coefficient (Wildman–Crippen LogP) is 4.85. The first kappa shape index (κ1) is 20.8. The van der Waals surface area contributed by atoms with Gasteiger partial charge in [-0.05, 0) is 54.1 Å². The number of hydrogen-bond donors (Lipinski definition) is 1. The molecule has 5 heteroatoms. The third-order valence-corrected chi connectivity index (χ3v) is 5.36. The van der Waals surface area contributed by atoms with Crippen molar-refractivity contribution in [1.29, 1.82) is 0 Å². The summed E-state index contributed by atoms with van der Waals surface area (Å²) in [6.45, 7) is 1.12. The molecule has 3 aromatic rings. The van der Waals surface area contributed by atoms with Gasteiger partial charge in [0, 0.05) is 42.5 Å². The Kier molecular flexibility index (Phi) is 7.59. The summed E-state index contributed by atoms with van der Waals surface area (Å²) in [5, 5.41) is 2.96. The minimum absolute atomic E-state index is 0.0899. The highest BCUT2D eigenvalue weighted by Crippen LogP contribution is 2.18. The zero-order valence-electron chi connectivity index (χ0n) is 16.8. The summed E-state index contributed by atoms with van der Waals surface area (Å²) in [4.78, 5) is 15.6. The van der Waals surface area contributed by atoms with Crippen molar-refractivity contribution in [2.75, 3.05) is 31.4 Å². The first-order valence-corrected chi connectivity index (χ1v) is 10.6. The molecule has 0 aliphatic rings. The first-order chi connectivity index (χ1) is 14.1. The first-order valence-electron chi connectivity index (χ1n) is 9.57. The zero-order chi connectivity index (χ0) is 20.5. The molecule has 0 unspecified atom stereocenters. The van der Waals surface area contributed by atoms with Crippen LogP contribution in [0.25, 0.3) is 0 Å². The van der Waals surface area contributed by atoms with Gasteiger partial charge < -0.3 is 15.0 Å². The van der Waals surface area contributed by atoms with Crippen LogP contribution in [0.15, 0.2) is 83.8 Å². The van der Waals surface area contributed by atoms with E-state index in [4.69, 9.17) is 4.74 Å². The molecule has 29 heavy (non-hydrogen) atoms. The number of rotatable bonds is 9. The van der Waals surface area contributed by atoms with Crippen molar-refractivity contribution in [3.63, 3.8) is 0 Å². The van der Waals surface area contributed by atoms with E-state index in [1.165, 1.54) is 4.90 Å². The second-order valence-corrected chi connectivity index (χ2v) is 7.95. The second-order valence-electron chi connectivity index (χ2n) is 6.78. The summed E-state index contributed by atoms with van der Waals surface area (Å²) in [7, 11) is 4.01. The van der Waals surface area contributed by atoms with Crippen molar-refractivity contribution < 1.29 is 9.53 Å². The minimum atomic E-state index is -0.0899. The smallest absolute Gasteiger partial charge is 0.251 e. The van der Waals surface area contributed by atoms with Crippen molar-refractivity contribution in [2.24, 2.45) is 0 Å². The maximum absolute atomic E-state index is 12.4. The van der Waals surface area contributed by atoms with Crippen LogP contribution in [0.5, 0.6) is 5.75 Å². The topological polar surface area (TPSA) is 41.6 Å². The number of hydrogen-bond acceptors (Lipinski definition) is 4. The summed E-state index contributed by atoms with van der Waals surface area (Å²) >= 11 is 1.76. The van der Waals surface area contributed by atoms with Gasteiger partial charge in [0.15, 0.2) is 0 Å². The van der Waals surface area contributed by atoms with Crippen LogP contribution in [-0.2, 0) is 6.54 Å². The van der Waals surface area contributed by atoms with E-state index < -0.39 is 0 Å². The van der Waals surface area contributed by atoms with E-state index in [-0.39, 0.29) is 5.91 Å². The van der Waals surface area contributed by atoms with Gasteiger partial charge in [0.25, 0.3) is 5.91 Å². The third-order valence-electron chi connectivity index (χ3n) is 4.39. The van der Waals surface area contributed by atoms with Gasteiger partial charge in [0.05, 0.1) is 6.61 Å². The van der Waals surface area contributed by atoms with Gasteiger partial charge in [-0.25, -0.2) is 0 Å². The normalized spacial score (nSPS) is 10.4. The average Bonchev–Trinajstić information content (AvgIpc) is 2.76. The zero-order valence-corrected chi connectivity index (χ0v) is 17.6. The number of nitrogens with zero attached hydrogens (tertiary/aromatic N) is 1. The second kappa shape index (κ2) is 10.6. The van der Waals surface area contributed by atoms with E-state index in [1.54, 1.807) is 23.9 Å². The number of nitrogens with one attached hydrogen (secondary N) is 1. The lowest BCUT2D eigenvalue weighted by Gasteiger charge is -2.13. The number of benzene rings is 3. The molecule has 0 aliphatic carbocycles. The molecular weight excluding hydrogens is 380 g/mol. The Morgan fingerprint density at radius 1 is 0.931 bits per heavy atom. The molecule has 0 aromatic heterocycles. The molecule has 0 fully saturated rings. The Bertz CT molecular complexity index is 894. The van der Waals surface area contributed by atoms with Crippen LogP contribution in [0.3, 0.4) is 0 Å². The van der Waals surface area contributed by atoms with Crippen molar-refractivity contribution in [3.8, 4) is 5.75 Å². The standard InChI is InChI=1S/C24H26N2O2S/c1-26(2)21-12-8-19(9-13-21)18-25-24(27)20-10-14-22(15-11-20)28-16-17-29-23-6-4-3-5-7-23/h3-15H,16-18H2,1-2H3,(H,25,27). The predicted molar refractivity (Wildman–Crippen MR) is 121 cm³/mol. The van der Waals surface area contributed by atoms with Crippen LogP contribution in [0.4, 0.5) is 5.69 Å². The molecule has 0 aliphatic heterocycles. The minimum Gasteiger partial charge on any atom is -0.493 e. The molecule has 3 aromatic carbocycles. The molecule has 4 nitrogen and oxygen atoms in total. The fourth-order valence-electron chi connectivity index (χ4n) is 2.73. The molecule has 0 atom stereocenters. The van der Waals surface area contributed by atoms with Crippen molar-refractivity contribution in [3.05, 3.63) is 90.0 Å². The molecule has 0 heterocycles. The van der Waals surface area contributed by atoms with Crippen molar-refractivity contribution >= 4 is 23.4 Å². The average molecular weight is 407 g/mol. The Morgan fingerprint density at radius 3 is 2.28 bits per heavy atom. The molecule has 1 amide bonds. The van der Waals surface area contributed by atoms with Gasteiger partial charge in [-0.2, -0.15) is 0 Å². The Morgan fingerprint density at radius 2 is 1.62 bits per heavy atom. The van der Waals surface area contributed by atoms with Crippen LogP contribution in [0, 0.1) is 0 Å². The fraction of sp³-hybridized carbons (Fsp3) is 0.208. The Balaban J connectivity index is 1.42. The van der Waals surface area contributed by atoms with Crippen LogP contribution in [0.1, 0.15) is 15.9 Å². The van der Waals surface area contributed by atoms with E-state index in [0.717, 1.165) is 22.8 Å². The Labute approximate surface area is 176 Å². The summed E-state index contributed by atoms with van der Waals surface area (Å²) in [5.74, 6) is 1.56. The lowest BCUT2D eigenvalue weighted by Crippen LogP contribution is -2.22. The number of carbonyl (C=O) groups is 1. The number of ether oxygens (including phenoxy) is 1. The van der Waals surface area contributed by atoms with Gasteiger partial charge in [-0.15, -0.1) is 11.8 Å².